The van der Waals surface area contributed by atoms with E-state index in [1.807, 2.05) is 0 Å². The first-order valence-corrected chi connectivity index (χ1v) is 9.67. The Bertz CT molecular complexity index is 920. The lowest BCUT2D eigenvalue weighted by molar-refractivity contribution is -0.453. The van der Waals surface area contributed by atoms with E-state index in [4.69, 9.17) is 4.74 Å². The number of alkyl halides is 15. The van der Waals surface area contributed by atoms with Gasteiger partial charge < -0.3 is 4.74 Å². The molecule has 1 aromatic rings. The summed E-state index contributed by atoms with van der Waals surface area (Å²) >= 11 is 0. The summed E-state index contributed by atoms with van der Waals surface area (Å²) in [5.41, 5.74) is -2.88. The zero-order valence-corrected chi connectivity index (χ0v) is 18.7. The van der Waals surface area contributed by atoms with Gasteiger partial charge in [0.2, 0.25) is 0 Å². The van der Waals surface area contributed by atoms with Gasteiger partial charge >= 0.3 is 41.7 Å². The molecule has 0 saturated heterocycles. The first-order chi connectivity index (χ1) is 15.7. The molecule has 0 aliphatic heterocycles. The molecule has 0 aliphatic rings. The van der Waals surface area contributed by atoms with Crippen LogP contribution < -0.4 is 0 Å². The fraction of sp³-hybridized carbons (Fsp3) is 0.700. The first-order valence-electron chi connectivity index (χ1n) is 9.67. The molecule has 0 fully saturated rings. The molecule has 1 rings (SSSR count). The van der Waals surface area contributed by atoms with E-state index in [0.29, 0.717) is 14.0 Å². The van der Waals surface area contributed by atoms with E-state index in [9.17, 15) is 65.9 Å². The van der Waals surface area contributed by atoms with Gasteiger partial charge in [0.05, 0.1) is 12.0 Å². The summed E-state index contributed by atoms with van der Waals surface area (Å²) in [5, 5.41) is 0. The SMILES string of the molecule is COC(C)(CC(F)(F)C(F)(F)C(F)(F)C(F)(F)C(F)(F)C(F)(F)C(F)(F)F)c1ccccc1C(C)C. The van der Waals surface area contributed by atoms with Gasteiger partial charge in [0, 0.05) is 7.11 Å². The van der Waals surface area contributed by atoms with Crippen molar-refractivity contribution in [2.75, 3.05) is 7.11 Å². The van der Waals surface area contributed by atoms with Crippen LogP contribution in [0, 0.1) is 0 Å². The zero-order valence-electron chi connectivity index (χ0n) is 18.7. The monoisotopic (exact) mass is 560 g/mol. The molecule has 0 radical (unpaired) electrons. The molecule has 16 heteroatoms. The predicted octanol–water partition coefficient (Wildman–Crippen LogP) is 8.44. The smallest absolute Gasteiger partial charge is 0.374 e. The predicted molar refractivity (Wildman–Crippen MR) is 95.2 cm³/mol. The second-order valence-corrected chi connectivity index (χ2v) is 8.43. The minimum Gasteiger partial charge on any atom is -0.374 e. The minimum atomic E-state index is -8.31. The van der Waals surface area contributed by atoms with Crippen molar-refractivity contribution in [3.8, 4) is 0 Å². The number of ether oxygens (including phenoxy) is 1. The van der Waals surface area contributed by atoms with E-state index in [2.05, 4.69) is 0 Å². The Morgan fingerprint density at radius 1 is 0.639 bits per heavy atom. The lowest BCUT2D eigenvalue weighted by atomic mass is 9.80. The first kappa shape index (κ1) is 32.2. The number of halogens is 15. The van der Waals surface area contributed by atoms with Crippen LogP contribution in [0.5, 0.6) is 0 Å². The number of hydrogen-bond donors (Lipinski definition) is 0. The summed E-state index contributed by atoms with van der Waals surface area (Å²) in [7, 11) is 0.635. The summed E-state index contributed by atoms with van der Waals surface area (Å²) in [4.78, 5) is 0. The Balaban J connectivity index is 3.67. The van der Waals surface area contributed by atoms with E-state index >= 15 is 0 Å². The molecule has 0 saturated carbocycles. The van der Waals surface area contributed by atoms with Gasteiger partial charge in [-0.05, 0) is 24.0 Å². The van der Waals surface area contributed by atoms with Gasteiger partial charge in [-0.15, -0.1) is 0 Å². The quantitative estimate of drug-likeness (QED) is 0.261. The van der Waals surface area contributed by atoms with Gasteiger partial charge in [-0.2, -0.15) is 65.9 Å². The molecule has 0 bridgehead atoms. The third-order valence-electron chi connectivity index (χ3n) is 5.56. The van der Waals surface area contributed by atoms with Crippen molar-refractivity contribution in [2.24, 2.45) is 0 Å². The average Bonchev–Trinajstić information content (AvgIpc) is 2.71. The Morgan fingerprint density at radius 3 is 1.42 bits per heavy atom. The molecule has 0 aliphatic carbocycles. The Labute approximate surface area is 194 Å². The lowest BCUT2D eigenvalue weighted by Crippen LogP contribution is -2.72. The second-order valence-electron chi connectivity index (χ2n) is 8.43. The normalized spacial score (nSPS) is 16.9. The van der Waals surface area contributed by atoms with Crippen molar-refractivity contribution in [2.45, 2.75) is 80.4 Å². The summed E-state index contributed by atoms with van der Waals surface area (Å²) in [6.45, 7) is 3.61. The summed E-state index contributed by atoms with van der Waals surface area (Å²) in [5.74, 6) is -47.2. The van der Waals surface area contributed by atoms with Crippen molar-refractivity contribution >= 4 is 0 Å². The molecule has 1 atom stereocenters. The maximum absolute atomic E-state index is 14.5. The van der Waals surface area contributed by atoms with Gasteiger partial charge in [0.25, 0.3) is 0 Å². The standard InChI is InChI=1S/C20H19F15O/c1-10(2)11-7-5-6-8-12(11)13(3,36-4)9-14(21,22)15(23,24)16(25,26)17(27,28)18(29,30)19(31,32)20(33,34)35/h5-8,10H,9H2,1-4H3. The van der Waals surface area contributed by atoms with Crippen molar-refractivity contribution in [3.05, 3.63) is 35.4 Å². The van der Waals surface area contributed by atoms with E-state index in [1.54, 1.807) is 0 Å². The third-order valence-corrected chi connectivity index (χ3v) is 5.56. The fourth-order valence-corrected chi connectivity index (χ4v) is 3.29. The van der Waals surface area contributed by atoms with Crippen molar-refractivity contribution in [3.63, 3.8) is 0 Å². The maximum Gasteiger partial charge on any atom is 0.460 e. The third kappa shape index (κ3) is 4.62. The van der Waals surface area contributed by atoms with Crippen LogP contribution in [0.15, 0.2) is 24.3 Å². The topological polar surface area (TPSA) is 9.23 Å². The van der Waals surface area contributed by atoms with E-state index in [-0.39, 0.29) is 11.1 Å². The van der Waals surface area contributed by atoms with Crippen LogP contribution in [0.1, 0.15) is 44.2 Å². The summed E-state index contributed by atoms with van der Waals surface area (Å²) in [6.07, 6.45) is -10.2. The number of benzene rings is 1. The van der Waals surface area contributed by atoms with Crippen molar-refractivity contribution < 1.29 is 70.6 Å². The van der Waals surface area contributed by atoms with Crippen LogP contribution in [0.2, 0.25) is 0 Å². The van der Waals surface area contributed by atoms with Crippen LogP contribution >= 0.6 is 0 Å². The van der Waals surface area contributed by atoms with Gasteiger partial charge in [-0.3, -0.25) is 0 Å². The fourth-order valence-electron chi connectivity index (χ4n) is 3.29. The highest BCUT2D eigenvalue weighted by Crippen LogP contribution is 2.63. The molecule has 210 valence electrons. The van der Waals surface area contributed by atoms with Crippen LogP contribution in [0.25, 0.3) is 0 Å². The van der Waals surface area contributed by atoms with Gasteiger partial charge in [0.15, 0.2) is 0 Å². The van der Waals surface area contributed by atoms with Crippen LogP contribution in [-0.4, -0.2) is 48.8 Å². The molecule has 0 spiro atoms. The van der Waals surface area contributed by atoms with E-state index in [1.165, 1.54) is 32.0 Å². The highest BCUT2D eigenvalue weighted by atomic mass is 19.4. The Hall–Kier alpha value is -1.87. The minimum absolute atomic E-state index is 0.134. The summed E-state index contributed by atoms with van der Waals surface area (Å²) < 4.78 is 207. The molecule has 0 N–H and O–H groups in total. The second kappa shape index (κ2) is 9.15. The van der Waals surface area contributed by atoms with Gasteiger partial charge in [-0.25, -0.2) is 0 Å². The molecular weight excluding hydrogens is 541 g/mol. The number of hydrogen-bond acceptors (Lipinski definition) is 1. The maximum atomic E-state index is 14.5. The average molecular weight is 560 g/mol. The van der Waals surface area contributed by atoms with Crippen LogP contribution in [0.4, 0.5) is 65.9 Å². The van der Waals surface area contributed by atoms with Crippen LogP contribution in [0.3, 0.4) is 0 Å². The molecule has 0 amide bonds. The highest BCUT2D eigenvalue weighted by Gasteiger charge is 2.93. The molecule has 1 aromatic carbocycles. The van der Waals surface area contributed by atoms with Gasteiger partial charge in [-0.1, -0.05) is 38.1 Å². The zero-order chi connectivity index (χ0) is 29.0. The van der Waals surface area contributed by atoms with Crippen molar-refractivity contribution in [1.29, 1.82) is 0 Å². The molecule has 0 heterocycles. The molecule has 1 nitrogen and oxygen atoms in total. The van der Waals surface area contributed by atoms with Crippen LogP contribution in [-0.2, 0) is 10.3 Å². The lowest BCUT2D eigenvalue weighted by Gasteiger charge is -2.43. The van der Waals surface area contributed by atoms with Gasteiger partial charge in [0.1, 0.15) is 0 Å². The molecule has 1 unspecified atom stereocenters. The largest absolute Gasteiger partial charge is 0.460 e. The Kier molecular flexibility index (Phi) is 8.18. The van der Waals surface area contributed by atoms with E-state index < -0.39 is 59.7 Å². The van der Waals surface area contributed by atoms with Crippen molar-refractivity contribution in [1.82, 2.24) is 0 Å². The number of methoxy groups -OCH3 is 1. The molecule has 0 aromatic heterocycles. The molecular formula is C20H19F15O. The highest BCUT2D eigenvalue weighted by molar-refractivity contribution is 5.35. The Morgan fingerprint density at radius 2 is 1.03 bits per heavy atom. The van der Waals surface area contributed by atoms with E-state index in [0.717, 1.165) is 6.07 Å². The molecule has 36 heavy (non-hydrogen) atoms. The summed E-state index contributed by atoms with van der Waals surface area (Å²) in [6, 6.07) is 4.85. The number of rotatable bonds is 10.